The number of likely N-dealkylation sites (tertiary alicyclic amines) is 4. The maximum atomic E-state index is 12.6. The lowest BCUT2D eigenvalue weighted by molar-refractivity contribution is 0.0679. The van der Waals surface area contributed by atoms with Crippen molar-refractivity contribution in [2.45, 2.75) is 108 Å². The number of amides is 4. The van der Waals surface area contributed by atoms with Crippen molar-refractivity contribution in [1.29, 1.82) is 0 Å². The predicted molar refractivity (Wildman–Crippen MR) is 394 cm³/mol. The van der Waals surface area contributed by atoms with E-state index in [-0.39, 0.29) is 29.4 Å². The molecule has 8 aromatic carbocycles. The van der Waals surface area contributed by atoms with Crippen LogP contribution in [-0.2, 0) is 25.4 Å². The van der Waals surface area contributed by atoms with Gasteiger partial charge in [0.25, 0.3) is 23.6 Å². The Morgan fingerprint density at radius 1 is 0.411 bits per heavy atom. The van der Waals surface area contributed by atoms with Crippen LogP contribution in [0.4, 0.5) is 0 Å². The number of carbonyl (C=O) groups excluding carboxylic acids is 5. The fourth-order valence-corrected chi connectivity index (χ4v) is 13.6. The van der Waals surface area contributed by atoms with Gasteiger partial charge in [-0.2, -0.15) is 0 Å². The first kappa shape index (κ1) is 72.3. The van der Waals surface area contributed by atoms with Gasteiger partial charge in [0.05, 0.1) is 8.95 Å². The number of piperidine rings is 4. The van der Waals surface area contributed by atoms with Crippen molar-refractivity contribution >= 4 is 101 Å². The number of para-hydroxylation sites is 2. The molecule has 1 unspecified atom stereocenters. The van der Waals surface area contributed by atoms with Gasteiger partial charge >= 0.3 is 0 Å². The molecule has 4 aliphatic rings. The zero-order valence-corrected chi connectivity index (χ0v) is 60.6. The minimum atomic E-state index is 0.0811. The molecule has 4 heterocycles. The summed E-state index contributed by atoms with van der Waals surface area (Å²) in [6.45, 7) is 12.4. The summed E-state index contributed by atoms with van der Waals surface area (Å²) in [5, 5.41) is 0.759. The lowest BCUT2D eigenvalue weighted by Crippen LogP contribution is -2.39. The van der Waals surface area contributed by atoms with Crippen LogP contribution in [0.2, 0.25) is 5.02 Å². The van der Waals surface area contributed by atoms with E-state index >= 15 is 0 Å². The lowest BCUT2D eigenvalue weighted by atomic mass is 9.98. The van der Waals surface area contributed by atoms with Crippen LogP contribution in [0.25, 0.3) is 0 Å². The predicted octanol–water partition coefficient (Wildman–Crippen LogP) is 19.6. The van der Waals surface area contributed by atoms with Crippen molar-refractivity contribution in [2.24, 2.45) is 11.8 Å². The molecule has 4 amide bonds. The van der Waals surface area contributed by atoms with Crippen molar-refractivity contribution in [2.75, 3.05) is 52.4 Å². The number of benzene rings is 8. The van der Waals surface area contributed by atoms with Crippen LogP contribution in [0.3, 0.4) is 0 Å². The van der Waals surface area contributed by atoms with Gasteiger partial charge in [0, 0.05) is 107 Å². The zero-order valence-electron chi connectivity index (χ0n) is 54.3. The number of halogens is 4. The maximum Gasteiger partial charge on any atom is 0.253 e. The molecule has 8 aromatic rings. The van der Waals surface area contributed by atoms with E-state index < -0.39 is 0 Å². The standard InChI is InChI=1S/C20H22BrNO2.C20H20BrNO2.C20H22ClNOS.C19H20BrNO2/c1-15-5-4-12-22(13-15)20(23)17-10-8-16(9-11-17)14-24-19-7-3-2-6-18(19)21;21-18-10-8-16(9-11-18)19(23)14-15-4-6-17(7-5-15)20(24)22-12-2-1-3-13-22;1-15-10-12-22(13-11-15)20(23)17-4-2-16(3-5-17)14-24-19-8-6-18(21)7-9-19;20-17-6-2-3-7-18(17)23-14-15-8-10-16(11-9-15)19(22)21-12-4-1-5-13-21/h2-3,6-11,15H,4-5,12-14H2,1H3;4-11H,1-3,12-14H2;2-9,15H,10-14H2,1H3;2-3,6-11H,1,4-5,12-14H2. The first-order chi connectivity index (χ1) is 46.1. The number of ether oxygens (including phenoxy) is 2. The molecule has 11 nitrogen and oxygen atoms in total. The van der Waals surface area contributed by atoms with E-state index in [0.29, 0.717) is 36.7 Å². The number of rotatable bonds is 16. The van der Waals surface area contributed by atoms with Gasteiger partial charge in [-0.25, -0.2) is 0 Å². The Bertz CT molecular complexity index is 3750. The summed E-state index contributed by atoms with van der Waals surface area (Å²) in [6, 6.07) is 61.8. The second-order valence-corrected chi connectivity index (χ2v) is 28.9. The summed E-state index contributed by atoms with van der Waals surface area (Å²) in [7, 11) is 0. The Hall–Kier alpha value is -7.01. The molecule has 0 aliphatic carbocycles. The Labute approximate surface area is 595 Å². The van der Waals surface area contributed by atoms with Gasteiger partial charge in [-0.3, -0.25) is 24.0 Å². The number of carbonyl (C=O) groups is 5. The summed E-state index contributed by atoms with van der Waals surface area (Å²) in [4.78, 5) is 71.3. The third-order valence-corrected chi connectivity index (χ3v) is 20.5. The molecule has 16 heteroatoms. The van der Waals surface area contributed by atoms with Gasteiger partial charge in [-0.15, -0.1) is 11.8 Å². The molecular formula is C79H84Br3ClN4O7S. The molecule has 4 saturated heterocycles. The van der Waals surface area contributed by atoms with Crippen LogP contribution >= 0.6 is 71.2 Å². The van der Waals surface area contributed by atoms with Gasteiger partial charge in [0.15, 0.2) is 5.78 Å². The molecule has 4 fully saturated rings. The average Bonchev–Trinajstić information content (AvgIpc) is 1.56. The summed E-state index contributed by atoms with van der Waals surface area (Å²) >= 11 is 18.0. The molecule has 0 bridgehead atoms. The molecule has 496 valence electrons. The number of ketones is 1. The molecule has 0 N–H and O–H groups in total. The third-order valence-electron chi connectivity index (χ3n) is 17.3. The highest BCUT2D eigenvalue weighted by Crippen LogP contribution is 2.29. The largest absolute Gasteiger partial charge is 0.488 e. The Kier molecular flexibility index (Phi) is 28.5. The number of hydrogen-bond acceptors (Lipinski definition) is 8. The Morgan fingerprint density at radius 2 is 0.800 bits per heavy atom. The summed E-state index contributed by atoms with van der Waals surface area (Å²) < 4.78 is 14.4. The SMILES string of the molecule is CC1CCCN(C(=O)c2ccc(COc3ccccc3Br)cc2)C1.CC1CCN(C(=O)c2ccc(CSc3ccc(Cl)cc3)cc2)CC1.O=C(Cc1ccc(C(=O)N2CCCCC2)cc1)c1ccc(Br)cc1.O=C(c1ccc(COc2ccccc2Br)cc1)N1CCCCC1. The average molecular weight is 1510 g/mol. The van der Waals surface area contributed by atoms with E-state index in [9.17, 15) is 24.0 Å². The molecule has 0 radical (unpaired) electrons. The molecular weight excluding hydrogens is 1420 g/mol. The smallest absolute Gasteiger partial charge is 0.253 e. The van der Waals surface area contributed by atoms with Crippen molar-refractivity contribution in [3.8, 4) is 11.5 Å². The van der Waals surface area contributed by atoms with Gasteiger partial charge in [0.1, 0.15) is 24.7 Å². The lowest BCUT2D eigenvalue weighted by Gasteiger charge is -2.31. The number of nitrogens with zero attached hydrogens (tertiary/aromatic N) is 4. The fourth-order valence-electron chi connectivity index (χ4n) is 11.6. The normalized spacial score (nSPS) is 15.5. The summed E-state index contributed by atoms with van der Waals surface area (Å²) in [5.41, 5.74) is 7.97. The van der Waals surface area contributed by atoms with Crippen LogP contribution in [0.15, 0.2) is 212 Å². The van der Waals surface area contributed by atoms with E-state index in [4.69, 9.17) is 21.1 Å². The minimum absolute atomic E-state index is 0.0811. The molecule has 12 rings (SSSR count). The van der Waals surface area contributed by atoms with Gasteiger partial charge in [-0.1, -0.05) is 126 Å². The maximum absolute atomic E-state index is 12.6. The summed E-state index contributed by atoms with van der Waals surface area (Å²) in [6.07, 6.45) is 11.7. The quantitative estimate of drug-likeness (QED) is 0.0694. The van der Waals surface area contributed by atoms with Gasteiger partial charge in [0.2, 0.25) is 0 Å². The van der Waals surface area contributed by atoms with Gasteiger partial charge < -0.3 is 29.1 Å². The zero-order chi connectivity index (χ0) is 66.9. The first-order valence-corrected chi connectivity index (χ1v) is 36.8. The molecule has 0 spiro atoms. The van der Waals surface area contributed by atoms with Crippen LogP contribution < -0.4 is 9.47 Å². The molecule has 4 aliphatic heterocycles. The fraction of sp³-hybridized carbons (Fsp3) is 0.329. The van der Waals surface area contributed by atoms with Crippen molar-refractivity contribution < 1.29 is 33.4 Å². The van der Waals surface area contributed by atoms with Crippen molar-refractivity contribution in [3.05, 3.63) is 263 Å². The van der Waals surface area contributed by atoms with E-state index in [1.54, 1.807) is 11.8 Å². The molecule has 95 heavy (non-hydrogen) atoms. The number of thioether (sulfide) groups is 1. The van der Waals surface area contributed by atoms with Crippen molar-refractivity contribution in [3.63, 3.8) is 0 Å². The second-order valence-electron chi connectivity index (χ2n) is 24.8. The highest BCUT2D eigenvalue weighted by Gasteiger charge is 2.24. The van der Waals surface area contributed by atoms with Crippen molar-refractivity contribution in [1.82, 2.24) is 19.6 Å². The monoisotopic (exact) mass is 1500 g/mol. The Morgan fingerprint density at radius 3 is 1.24 bits per heavy atom. The van der Waals surface area contributed by atoms with Crippen LogP contribution in [0, 0.1) is 11.8 Å². The van der Waals surface area contributed by atoms with E-state index in [1.165, 1.54) is 29.7 Å². The minimum Gasteiger partial charge on any atom is -0.488 e. The number of Topliss-reactive ketones (excluding diaryl/α,β-unsaturated/α-hetero) is 1. The summed E-state index contributed by atoms with van der Waals surface area (Å²) in [5.74, 6) is 4.48. The second kappa shape index (κ2) is 37.5. The van der Waals surface area contributed by atoms with E-state index in [1.807, 2.05) is 202 Å². The molecule has 0 saturated carbocycles. The topological polar surface area (TPSA) is 117 Å². The molecule has 1 atom stereocenters. The van der Waals surface area contributed by atoms with Crippen LogP contribution in [0.1, 0.15) is 152 Å². The first-order valence-electron chi connectivity index (χ1n) is 33.1. The third kappa shape index (κ3) is 22.8. The Balaban J connectivity index is 0.000000149. The van der Waals surface area contributed by atoms with Crippen LogP contribution in [0.5, 0.6) is 11.5 Å². The van der Waals surface area contributed by atoms with E-state index in [2.05, 4.69) is 73.8 Å². The highest BCUT2D eigenvalue weighted by molar-refractivity contribution is 9.11. The van der Waals surface area contributed by atoms with Gasteiger partial charge in [-0.05, 0) is 239 Å². The van der Waals surface area contributed by atoms with E-state index in [0.717, 1.165) is 172 Å². The number of hydrogen-bond donors (Lipinski definition) is 0. The van der Waals surface area contributed by atoms with Crippen LogP contribution in [-0.4, -0.2) is 101 Å². The highest BCUT2D eigenvalue weighted by atomic mass is 79.9. The molecule has 0 aromatic heterocycles.